The average Bonchev–Trinajstić information content (AvgIpc) is 2.40. The zero-order valence-corrected chi connectivity index (χ0v) is 12.7. The van der Waals surface area contributed by atoms with Gasteiger partial charge in [0.05, 0.1) is 11.1 Å². The normalized spacial score (nSPS) is 11.3. The molecule has 0 bridgehead atoms. The molecule has 0 atom stereocenters. The molecule has 7 heteroatoms. The lowest BCUT2D eigenvalue weighted by atomic mass is 10.1. The molecule has 0 spiro atoms. The summed E-state index contributed by atoms with van der Waals surface area (Å²) in [6.45, 7) is 0. The Morgan fingerprint density at radius 2 is 1.71 bits per heavy atom. The van der Waals surface area contributed by atoms with Gasteiger partial charge >= 0.3 is 6.18 Å². The largest absolute Gasteiger partial charge is 0.416 e. The summed E-state index contributed by atoms with van der Waals surface area (Å²) in [6.07, 6.45) is -4.50. The molecule has 0 aliphatic carbocycles. The van der Waals surface area contributed by atoms with Crippen LogP contribution in [0, 0.1) is 0 Å². The summed E-state index contributed by atoms with van der Waals surface area (Å²) in [7, 11) is 0. The van der Waals surface area contributed by atoms with Crippen molar-refractivity contribution in [3.8, 4) is 0 Å². The van der Waals surface area contributed by atoms with E-state index in [1.807, 2.05) is 0 Å². The molecule has 0 unspecified atom stereocenters. The fourth-order valence-electron chi connectivity index (χ4n) is 1.61. The Labute approximate surface area is 132 Å². The fourth-order valence-corrected chi connectivity index (χ4v) is 2.16. The first-order valence-electron chi connectivity index (χ1n) is 5.71. The van der Waals surface area contributed by atoms with E-state index < -0.39 is 17.6 Å². The van der Waals surface area contributed by atoms with Gasteiger partial charge in [0.25, 0.3) is 5.91 Å². The second kappa shape index (κ2) is 6.07. The Kier molecular flexibility index (Phi) is 4.58. The van der Waals surface area contributed by atoms with E-state index in [2.05, 4.69) is 21.2 Å². The quantitative estimate of drug-likeness (QED) is 0.747. The van der Waals surface area contributed by atoms with E-state index in [0.717, 1.165) is 12.1 Å². The molecule has 1 N–H and O–H groups in total. The number of carbonyl (C=O) groups excluding carboxylic acids is 1. The first-order chi connectivity index (χ1) is 9.77. The predicted octanol–water partition coefficient (Wildman–Crippen LogP) is 5.37. The minimum absolute atomic E-state index is 0.0974. The van der Waals surface area contributed by atoms with E-state index in [1.54, 1.807) is 24.3 Å². The van der Waals surface area contributed by atoms with Crippen LogP contribution in [0.1, 0.15) is 15.9 Å². The third-order valence-electron chi connectivity index (χ3n) is 2.64. The highest BCUT2D eigenvalue weighted by atomic mass is 79.9. The second-order valence-electron chi connectivity index (χ2n) is 4.15. The Hall–Kier alpha value is -1.53. The van der Waals surface area contributed by atoms with Gasteiger partial charge in [-0.25, -0.2) is 0 Å². The molecule has 21 heavy (non-hydrogen) atoms. The molecule has 1 amide bonds. The summed E-state index contributed by atoms with van der Waals surface area (Å²) >= 11 is 8.79. The van der Waals surface area contributed by atoms with E-state index in [4.69, 9.17) is 11.6 Å². The van der Waals surface area contributed by atoms with Crippen molar-refractivity contribution in [1.82, 2.24) is 0 Å². The number of hydrogen-bond donors (Lipinski definition) is 1. The third kappa shape index (κ3) is 3.98. The minimum atomic E-state index is -4.50. The highest BCUT2D eigenvalue weighted by Gasteiger charge is 2.31. The lowest BCUT2D eigenvalue weighted by Crippen LogP contribution is -2.14. The molecule has 0 radical (unpaired) electrons. The number of benzene rings is 2. The summed E-state index contributed by atoms with van der Waals surface area (Å²) < 4.78 is 38.3. The Balaban J connectivity index is 2.28. The van der Waals surface area contributed by atoms with Crippen LogP contribution >= 0.6 is 27.5 Å². The number of amides is 1. The molecule has 2 aromatic carbocycles. The van der Waals surface area contributed by atoms with Crippen molar-refractivity contribution >= 4 is 39.1 Å². The number of carbonyl (C=O) groups is 1. The lowest BCUT2D eigenvalue weighted by Gasteiger charge is -2.11. The van der Waals surface area contributed by atoms with Crippen molar-refractivity contribution in [2.24, 2.45) is 0 Å². The summed E-state index contributed by atoms with van der Waals surface area (Å²) in [5.74, 6) is -0.643. The van der Waals surface area contributed by atoms with E-state index in [0.29, 0.717) is 10.7 Å². The van der Waals surface area contributed by atoms with Crippen LogP contribution in [-0.2, 0) is 6.18 Å². The van der Waals surface area contributed by atoms with Crippen LogP contribution in [0.5, 0.6) is 0 Å². The number of rotatable bonds is 2. The maximum atomic E-state index is 12.7. The molecule has 2 aromatic rings. The number of nitrogens with one attached hydrogen (secondary N) is 1. The monoisotopic (exact) mass is 377 g/mol. The Bertz CT molecular complexity index is 671. The SMILES string of the molecule is O=C(Nc1ccc(Cl)cc1)c1cc(C(F)(F)F)ccc1Br. The van der Waals surface area contributed by atoms with Gasteiger partial charge in [0.15, 0.2) is 0 Å². The van der Waals surface area contributed by atoms with Gasteiger partial charge < -0.3 is 5.32 Å². The highest BCUT2D eigenvalue weighted by Crippen LogP contribution is 2.32. The molecule has 0 aliphatic rings. The van der Waals surface area contributed by atoms with Crippen molar-refractivity contribution < 1.29 is 18.0 Å². The molecule has 0 fully saturated rings. The molecule has 0 saturated heterocycles. The summed E-state index contributed by atoms with van der Waals surface area (Å²) in [5.41, 5.74) is -0.541. The zero-order valence-electron chi connectivity index (χ0n) is 10.3. The van der Waals surface area contributed by atoms with Crippen molar-refractivity contribution in [1.29, 1.82) is 0 Å². The van der Waals surface area contributed by atoms with Crippen LogP contribution in [0.4, 0.5) is 18.9 Å². The average molecular weight is 379 g/mol. The van der Waals surface area contributed by atoms with Crippen LogP contribution in [0.3, 0.4) is 0 Å². The maximum absolute atomic E-state index is 12.7. The molecule has 0 heterocycles. The molecule has 2 rings (SSSR count). The van der Waals surface area contributed by atoms with Gasteiger partial charge in [-0.2, -0.15) is 13.2 Å². The first kappa shape index (κ1) is 15.9. The zero-order chi connectivity index (χ0) is 15.6. The topological polar surface area (TPSA) is 29.1 Å². The van der Waals surface area contributed by atoms with Crippen LogP contribution in [-0.4, -0.2) is 5.91 Å². The molecule has 110 valence electrons. The Morgan fingerprint density at radius 3 is 2.29 bits per heavy atom. The number of halogens is 5. The van der Waals surface area contributed by atoms with Crippen molar-refractivity contribution in [2.75, 3.05) is 5.32 Å². The molecular formula is C14H8BrClF3NO. The van der Waals surface area contributed by atoms with E-state index >= 15 is 0 Å². The standard InChI is InChI=1S/C14H8BrClF3NO/c15-12-6-1-8(14(17,18)19)7-11(12)13(21)20-10-4-2-9(16)3-5-10/h1-7H,(H,20,21). The molecular weight excluding hydrogens is 371 g/mol. The maximum Gasteiger partial charge on any atom is 0.416 e. The van der Waals surface area contributed by atoms with Gasteiger partial charge in [-0.15, -0.1) is 0 Å². The number of alkyl halides is 3. The second-order valence-corrected chi connectivity index (χ2v) is 5.44. The first-order valence-corrected chi connectivity index (χ1v) is 6.88. The third-order valence-corrected chi connectivity index (χ3v) is 3.58. The molecule has 0 aromatic heterocycles. The smallest absolute Gasteiger partial charge is 0.322 e. The molecule has 2 nitrogen and oxygen atoms in total. The lowest BCUT2D eigenvalue weighted by molar-refractivity contribution is -0.137. The minimum Gasteiger partial charge on any atom is -0.322 e. The van der Waals surface area contributed by atoms with Gasteiger partial charge in [-0.1, -0.05) is 11.6 Å². The fraction of sp³-hybridized carbons (Fsp3) is 0.0714. The summed E-state index contributed by atoms with van der Waals surface area (Å²) in [4.78, 5) is 12.1. The predicted molar refractivity (Wildman–Crippen MR) is 78.5 cm³/mol. The van der Waals surface area contributed by atoms with Crippen LogP contribution < -0.4 is 5.32 Å². The van der Waals surface area contributed by atoms with Gasteiger partial charge in [0.2, 0.25) is 0 Å². The molecule has 0 aliphatic heterocycles. The van der Waals surface area contributed by atoms with Gasteiger partial charge in [-0.05, 0) is 58.4 Å². The van der Waals surface area contributed by atoms with Gasteiger partial charge in [0, 0.05) is 15.2 Å². The van der Waals surface area contributed by atoms with Crippen molar-refractivity contribution in [3.05, 3.63) is 63.1 Å². The van der Waals surface area contributed by atoms with Gasteiger partial charge in [0.1, 0.15) is 0 Å². The van der Waals surface area contributed by atoms with Crippen LogP contribution in [0.2, 0.25) is 5.02 Å². The van der Waals surface area contributed by atoms with E-state index in [1.165, 1.54) is 6.07 Å². The Morgan fingerprint density at radius 1 is 1.10 bits per heavy atom. The van der Waals surface area contributed by atoms with Gasteiger partial charge in [-0.3, -0.25) is 4.79 Å². The van der Waals surface area contributed by atoms with Crippen molar-refractivity contribution in [2.45, 2.75) is 6.18 Å². The van der Waals surface area contributed by atoms with E-state index in [-0.39, 0.29) is 10.0 Å². The van der Waals surface area contributed by atoms with Crippen LogP contribution in [0.15, 0.2) is 46.9 Å². The van der Waals surface area contributed by atoms with Crippen LogP contribution in [0.25, 0.3) is 0 Å². The number of hydrogen-bond acceptors (Lipinski definition) is 1. The van der Waals surface area contributed by atoms with E-state index in [9.17, 15) is 18.0 Å². The highest BCUT2D eigenvalue weighted by molar-refractivity contribution is 9.10. The van der Waals surface area contributed by atoms with Crippen molar-refractivity contribution in [3.63, 3.8) is 0 Å². The summed E-state index contributed by atoms with van der Waals surface area (Å²) in [6, 6.07) is 9.15. The summed E-state index contributed by atoms with van der Waals surface area (Å²) in [5, 5.41) is 3.00. The number of anilines is 1. The molecule has 0 saturated carbocycles.